The van der Waals surface area contributed by atoms with Gasteiger partial charge in [-0.15, -0.1) is 0 Å². The van der Waals surface area contributed by atoms with Crippen molar-refractivity contribution in [2.24, 2.45) is 34.5 Å². The van der Waals surface area contributed by atoms with Crippen molar-refractivity contribution >= 4 is 11.6 Å². The predicted molar refractivity (Wildman–Crippen MR) is 124 cm³/mol. The van der Waals surface area contributed by atoms with Gasteiger partial charge in [0.15, 0.2) is 0 Å². The van der Waals surface area contributed by atoms with Crippen LogP contribution in [0.25, 0.3) is 0 Å². The fourth-order valence-electron chi connectivity index (χ4n) is 7.04. The van der Waals surface area contributed by atoms with E-state index in [4.69, 9.17) is 4.74 Å². The van der Waals surface area contributed by atoms with Crippen molar-refractivity contribution in [3.63, 3.8) is 0 Å². The Balaban J connectivity index is 1.59. The lowest BCUT2D eigenvalue weighted by Gasteiger charge is -2.58. The van der Waals surface area contributed by atoms with Gasteiger partial charge in [-0.2, -0.15) is 0 Å². The van der Waals surface area contributed by atoms with Crippen LogP contribution >= 0.6 is 0 Å². The van der Waals surface area contributed by atoms with Crippen LogP contribution in [0.2, 0.25) is 0 Å². The van der Waals surface area contributed by atoms with Crippen LogP contribution in [0.4, 0.5) is 5.69 Å². The highest BCUT2D eigenvalue weighted by Crippen LogP contribution is 2.63. The lowest BCUT2D eigenvalue weighted by Crippen LogP contribution is -2.54. The smallest absolute Gasteiger partial charge is 0.230 e. The number of fused-ring (bicyclic) bond motifs is 3. The van der Waals surface area contributed by atoms with E-state index in [0.29, 0.717) is 11.8 Å². The van der Waals surface area contributed by atoms with Crippen LogP contribution in [0.15, 0.2) is 35.9 Å². The van der Waals surface area contributed by atoms with Crippen molar-refractivity contribution < 1.29 is 9.53 Å². The third kappa shape index (κ3) is 3.59. The summed E-state index contributed by atoms with van der Waals surface area (Å²) in [4.78, 5) is 13.6. The lowest BCUT2D eigenvalue weighted by molar-refractivity contribution is -0.139. The fraction of sp³-hybridized carbons (Fsp3) is 0.667. The molecule has 5 atom stereocenters. The molecule has 0 bridgehead atoms. The minimum absolute atomic E-state index is 0.180. The van der Waals surface area contributed by atoms with Crippen LogP contribution in [0.1, 0.15) is 72.6 Å². The van der Waals surface area contributed by atoms with E-state index in [0.717, 1.165) is 42.5 Å². The maximum atomic E-state index is 13.6. The molecule has 0 spiro atoms. The van der Waals surface area contributed by atoms with Gasteiger partial charge in [0.2, 0.25) is 5.91 Å². The van der Waals surface area contributed by atoms with Crippen LogP contribution in [-0.2, 0) is 4.79 Å². The normalized spacial score (nSPS) is 35.8. The molecule has 2 saturated carbocycles. The van der Waals surface area contributed by atoms with Crippen molar-refractivity contribution in [1.29, 1.82) is 0 Å². The molecule has 1 N–H and O–H groups in total. The van der Waals surface area contributed by atoms with E-state index >= 15 is 0 Å². The monoisotopic (exact) mass is 409 g/mol. The zero-order valence-corrected chi connectivity index (χ0v) is 19.5. The van der Waals surface area contributed by atoms with Crippen LogP contribution in [0.5, 0.6) is 5.75 Å². The largest absolute Gasteiger partial charge is 0.497 e. The van der Waals surface area contributed by atoms with E-state index in [1.165, 1.54) is 25.7 Å². The summed E-state index contributed by atoms with van der Waals surface area (Å²) in [6, 6.07) is 7.72. The summed E-state index contributed by atoms with van der Waals surface area (Å²) in [5, 5.41) is 3.23. The maximum absolute atomic E-state index is 13.6. The Morgan fingerprint density at radius 1 is 1.20 bits per heavy atom. The van der Waals surface area contributed by atoms with Gasteiger partial charge in [-0.3, -0.25) is 4.79 Å². The van der Waals surface area contributed by atoms with E-state index in [-0.39, 0.29) is 16.7 Å². The van der Waals surface area contributed by atoms with Gasteiger partial charge in [-0.1, -0.05) is 51.8 Å². The number of anilines is 1. The average Bonchev–Trinajstić information content (AvgIpc) is 2.73. The van der Waals surface area contributed by atoms with E-state index in [9.17, 15) is 4.79 Å². The molecule has 0 radical (unpaired) electrons. The Labute approximate surface area is 182 Å². The number of nitrogens with one attached hydrogen (secondary N) is 1. The molecule has 30 heavy (non-hydrogen) atoms. The van der Waals surface area contributed by atoms with Crippen LogP contribution in [0, 0.1) is 34.5 Å². The molecule has 0 aliphatic heterocycles. The SMILES string of the molecule is COc1cccc(NC(=O)[C@]2(C)CCC[C@@]3(C)[C@H]2CC=C2CC(C(C)C)CC[C@@H]23)c1. The Morgan fingerprint density at radius 3 is 2.73 bits per heavy atom. The first-order valence-corrected chi connectivity index (χ1v) is 11.9. The van der Waals surface area contributed by atoms with Gasteiger partial charge in [0.05, 0.1) is 12.5 Å². The van der Waals surface area contributed by atoms with E-state index in [1.807, 2.05) is 24.3 Å². The van der Waals surface area contributed by atoms with Crippen molar-refractivity contribution in [3.05, 3.63) is 35.9 Å². The second-order valence-electron chi connectivity index (χ2n) is 10.9. The van der Waals surface area contributed by atoms with Crippen LogP contribution < -0.4 is 10.1 Å². The van der Waals surface area contributed by atoms with Crippen LogP contribution in [-0.4, -0.2) is 13.0 Å². The average molecular weight is 410 g/mol. The number of amides is 1. The van der Waals surface area contributed by atoms with E-state index < -0.39 is 0 Å². The zero-order chi connectivity index (χ0) is 21.5. The molecule has 4 rings (SSSR count). The van der Waals surface area contributed by atoms with E-state index in [1.54, 1.807) is 12.7 Å². The van der Waals surface area contributed by atoms with Crippen molar-refractivity contribution in [2.75, 3.05) is 12.4 Å². The van der Waals surface area contributed by atoms with Gasteiger partial charge in [-0.25, -0.2) is 0 Å². The molecule has 3 nitrogen and oxygen atoms in total. The first kappa shape index (κ1) is 21.5. The Bertz CT molecular complexity index is 828. The number of rotatable bonds is 4. The molecule has 0 saturated heterocycles. The second kappa shape index (κ2) is 8.05. The highest BCUT2D eigenvalue weighted by Gasteiger charge is 2.57. The predicted octanol–water partition coefficient (Wildman–Crippen LogP) is 6.85. The first-order valence-electron chi connectivity index (χ1n) is 11.9. The van der Waals surface area contributed by atoms with Gasteiger partial charge in [0.1, 0.15) is 5.75 Å². The van der Waals surface area contributed by atoms with Gasteiger partial charge in [0, 0.05) is 11.8 Å². The molecule has 0 aromatic heterocycles. The summed E-state index contributed by atoms with van der Waals surface area (Å²) < 4.78 is 5.33. The molecular formula is C27H39NO2. The summed E-state index contributed by atoms with van der Waals surface area (Å²) >= 11 is 0. The third-order valence-corrected chi connectivity index (χ3v) is 8.95. The lowest BCUT2D eigenvalue weighted by atomic mass is 9.46. The van der Waals surface area contributed by atoms with Crippen molar-refractivity contribution in [3.8, 4) is 5.75 Å². The number of benzene rings is 1. The topological polar surface area (TPSA) is 38.3 Å². The minimum atomic E-state index is -0.326. The number of carbonyl (C=O) groups is 1. The molecule has 1 aromatic carbocycles. The Kier molecular flexibility index (Phi) is 5.76. The molecule has 1 unspecified atom stereocenters. The highest BCUT2D eigenvalue weighted by molar-refractivity contribution is 5.95. The number of hydrogen-bond acceptors (Lipinski definition) is 2. The minimum Gasteiger partial charge on any atom is -0.497 e. The number of allylic oxidation sites excluding steroid dienone is 2. The summed E-state index contributed by atoms with van der Waals surface area (Å²) in [5.41, 5.74) is 2.45. The maximum Gasteiger partial charge on any atom is 0.230 e. The zero-order valence-electron chi connectivity index (χ0n) is 19.5. The molecule has 2 fully saturated rings. The molecule has 1 aromatic rings. The summed E-state index contributed by atoms with van der Waals surface area (Å²) in [5.74, 6) is 3.63. The molecule has 3 aliphatic carbocycles. The summed E-state index contributed by atoms with van der Waals surface area (Å²) in [6.45, 7) is 9.48. The van der Waals surface area contributed by atoms with Gasteiger partial charge < -0.3 is 10.1 Å². The second-order valence-corrected chi connectivity index (χ2v) is 10.9. The quantitative estimate of drug-likeness (QED) is 0.552. The van der Waals surface area contributed by atoms with Gasteiger partial charge >= 0.3 is 0 Å². The molecule has 0 heterocycles. The summed E-state index contributed by atoms with van der Waals surface area (Å²) in [7, 11) is 1.66. The van der Waals surface area contributed by atoms with Gasteiger partial charge in [0.25, 0.3) is 0 Å². The van der Waals surface area contributed by atoms with Gasteiger partial charge in [-0.05, 0) is 79.7 Å². The molecular weight excluding hydrogens is 370 g/mol. The summed E-state index contributed by atoms with van der Waals surface area (Å²) in [6.07, 6.45) is 10.9. The highest BCUT2D eigenvalue weighted by atomic mass is 16.5. The number of hydrogen-bond donors (Lipinski definition) is 1. The third-order valence-electron chi connectivity index (χ3n) is 8.95. The molecule has 164 valence electrons. The first-order chi connectivity index (χ1) is 14.3. The molecule has 1 amide bonds. The fourth-order valence-corrected chi connectivity index (χ4v) is 7.04. The molecule has 3 aliphatic rings. The van der Waals surface area contributed by atoms with Crippen LogP contribution in [0.3, 0.4) is 0 Å². The number of methoxy groups -OCH3 is 1. The Hall–Kier alpha value is -1.77. The Morgan fingerprint density at radius 2 is 2.00 bits per heavy atom. The van der Waals surface area contributed by atoms with E-state index in [2.05, 4.69) is 39.1 Å². The van der Waals surface area contributed by atoms with Crippen molar-refractivity contribution in [1.82, 2.24) is 0 Å². The standard InChI is InChI=1S/C27H39NO2/c1-18(2)19-10-12-23-20(16-19)11-13-24-26(23,3)14-7-15-27(24,4)25(29)28-21-8-6-9-22(17-21)30-5/h6,8-9,11,17-19,23-24H,7,10,12-16H2,1-5H3,(H,28,29)/t19?,23-,24+,26+,27+/m0/s1. The van der Waals surface area contributed by atoms with Crippen molar-refractivity contribution in [2.45, 2.75) is 72.6 Å². The number of carbonyl (C=O) groups excluding carboxylic acids is 1. The molecule has 3 heteroatoms. The number of ether oxygens (including phenoxy) is 1.